The van der Waals surface area contributed by atoms with Crippen LogP contribution in [0.4, 0.5) is 5.69 Å². The first kappa shape index (κ1) is 13.9. The number of carbonyl (C=O) groups excluding carboxylic acids is 1. The van der Waals surface area contributed by atoms with Crippen LogP contribution < -0.4 is 11.1 Å². The first-order valence-corrected chi connectivity index (χ1v) is 7.23. The number of nitrogens with one attached hydrogen (secondary N) is 1. The van der Waals surface area contributed by atoms with Gasteiger partial charge in [-0.15, -0.1) is 0 Å². The monoisotopic (exact) mass is 264 g/mol. The number of aromatic nitrogens is 2. The van der Waals surface area contributed by atoms with Gasteiger partial charge in [-0.25, -0.2) is 0 Å². The van der Waals surface area contributed by atoms with E-state index in [9.17, 15) is 4.79 Å². The zero-order valence-corrected chi connectivity index (χ0v) is 11.9. The zero-order valence-electron chi connectivity index (χ0n) is 11.9. The molecule has 0 spiro atoms. The highest BCUT2D eigenvalue weighted by molar-refractivity contribution is 5.96. The molecule has 0 saturated heterocycles. The molecule has 2 unspecified atom stereocenters. The molecule has 5 heteroatoms. The number of nitrogens with two attached hydrogens (primary N) is 1. The van der Waals surface area contributed by atoms with E-state index in [1.807, 2.05) is 6.92 Å². The Morgan fingerprint density at radius 3 is 2.89 bits per heavy atom. The average molecular weight is 264 g/mol. The molecule has 1 heterocycles. The van der Waals surface area contributed by atoms with E-state index in [0.717, 1.165) is 13.1 Å². The van der Waals surface area contributed by atoms with E-state index in [-0.39, 0.29) is 5.91 Å². The van der Waals surface area contributed by atoms with Crippen molar-refractivity contribution in [2.45, 2.75) is 46.1 Å². The van der Waals surface area contributed by atoms with E-state index in [2.05, 4.69) is 17.3 Å². The lowest BCUT2D eigenvalue weighted by Crippen LogP contribution is -2.34. The Morgan fingerprint density at radius 1 is 1.53 bits per heavy atom. The zero-order chi connectivity index (χ0) is 13.8. The lowest BCUT2D eigenvalue weighted by molar-refractivity contribution is 0.0931. The maximum Gasteiger partial charge on any atom is 0.273 e. The molecule has 1 aliphatic carbocycles. The topological polar surface area (TPSA) is 72.9 Å². The van der Waals surface area contributed by atoms with Gasteiger partial charge in [-0.05, 0) is 25.2 Å². The molecule has 0 aliphatic heterocycles. The van der Waals surface area contributed by atoms with Gasteiger partial charge < -0.3 is 11.1 Å². The van der Waals surface area contributed by atoms with Crippen LogP contribution >= 0.6 is 0 Å². The predicted molar refractivity (Wildman–Crippen MR) is 75.8 cm³/mol. The minimum absolute atomic E-state index is 0.150. The van der Waals surface area contributed by atoms with Crippen molar-refractivity contribution in [2.24, 2.45) is 11.8 Å². The van der Waals surface area contributed by atoms with Crippen LogP contribution in [0.25, 0.3) is 0 Å². The molecule has 2 atom stereocenters. The van der Waals surface area contributed by atoms with Gasteiger partial charge in [0.05, 0.1) is 5.69 Å². The second-order valence-electron chi connectivity index (χ2n) is 5.52. The van der Waals surface area contributed by atoms with Gasteiger partial charge in [0.1, 0.15) is 0 Å². The van der Waals surface area contributed by atoms with Gasteiger partial charge in [-0.1, -0.05) is 26.2 Å². The molecule has 3 N–H and O–H groups in total. The standard InChI is InChI=1S/C14H24N4O/c1-3-18-9-12(15)13(17-18)14(19)16-8-11-7-5-4-6-10(11)2/h9-11H,3-8,15H2,1-2H3,(H,16,19). The summed E-state index contributed by atoms with van der Waals surface area (Å²) in [7, 11) is 0. The first-order valence-electron chi connectivity index (χ1n) is 7.23. The number of hydrogen-bond acceptors (Lipinski definition) is 3. The second-order valence-corrected chi connectivity index (χ2v) is 5.52. The SMILES string of the molecule is CCn1cc(N)c(C(=O)NCC2CCCCC2C)n1. The highest BCUT2D eigenvalue weighted by Crippen LogP contribution is 2.28. The molecule has 2 rings (SSSR count). The Morgan fingerprint density at radius 2 is 2.26 bits per heavy atom. The van der Waals surface area contributed by atoms with E-state index in [1.54, 1.807) is 10.9 Å². The third-order valence-electron chi connectivity index (χ3n) is 4.14. The largest absolute Gasteiger partial charge is 0.396 e. The molecule has 0 aromatic carbocycles. The van der Waals surface area contributed by atoms with Gasteiger partial charge >= 0.3 is 0 Å². The van der Waals surface area contributed by atoms with E-state index in [1.165, 1.54) is 25.7 Å². The summed E-state index contributed by atoms with van der Waals surface area (Å²) in [5, 5.41) is 7.17. The van der Waals surface area contributed by atoms with Crippen molar-refractivity contribution in [1.82, 2.24) is 15.1 Å². The number of carbonyl (C=O) groups is 1. The maximum absolute atomic E-state index is 12.1. The summed E-state index contributed by atoms with van der Waals surface area (Å²) in [6.45, 7) is 5.70. The van der Waals surface area contributed by atoms with Crippen LogP contribution in [-0.2, 0) is 6.54 Å². The summed E-state index contributed by atoms with van der Waals surface area (Å²) in [6, 6.07) is 0. The van der Waals surface area contributed by atoms with Gasteiger partial charge in [0.2, 0.25) is 0 Å². The smallest absolute Gasteiger partial charge is 0.273 e. The fourth-order valence-electron chi connectivity index (χ4n) is 2.78. The fourth-order valence-corrected chi connectivity index (χ4v) is 2.78. The summed E-state index contributed by atoms with van der Waals surface area (Å²) in [5.74, 6) is 1.13. The summed E-state index contributed by atoms with van der Waals surface area (Å²) in [6.07, 6.45) is 6.78. The molecule has 0 bridgehead atoms. The van der Waals surface area contributed by atoms with E-state index >= 15 is 0 Å². The summed E-state index contributed by atoms with van der Waals surface area (Å²) in [4.78, 5) is 12.1. The number of rotatable bonds is 4. The molecule has 1 amide bonds. The number of nitrogens with zero attached hydrogens (tertiary/aromatic N) is 2. The fraction of sp³-hybridized carbons (Fsp3) is 0.714. The normalized spacial score (nSPS) is 23.3. The van der Waals surface area contributed by atoms with Crippen molar-refractivity contribution in [3.05, 3.63) is 11.9 Å². The van der Waals surface area contributed by atoms with Crippen LogP contribution in [0, 0.1) is 11.8 Å². The molecule has 106 valence electrons. The lowest BCUT2D eigenvalue weighted by Gasteiger charge is -2.28. The van der Waals surface area contributed by atoms with Gasteiger partial charge in [0, 0.05) is 19.3 Å². The van der Waals surface area contributed by atoms with Crippen LogP contribution in [0.15, 0.2) is 6.20 Å². The Labute approximate surface area is 114 Å². The Kier molecular flexibility index (Phi) is 4.45. The van der Waals surface area contributed by atoms with E-state index < -0.39 is 0 Å². The predicted octanol–water partition coefficient (Wildman–Crippen LogP) is 2.04. The van der Waals surface area contributed by atoms with Crippen molar-refractivity contribution in [3.8, 4) is 0 Å². The Bertz CT molecular complexity index is 441. The molecular weight excluding hydrogens is 240 g/mol. The van der Waals surface area contributed by atoms with Crippen molar-refractivity contribution >= 4 is 11.6 Å². The highest BCUT2D eigenvalue weighted by atomic mass is 16.2. The van der Waals surface area contributed by atoms with Gasteiger partial charge in [0.15, 0.2) is 5.69 Å². The molecular formula is C14H24N4O. The molecule has 1 saturated carbocycles. The highest BCUT2D eigenvalue weighted by Gasteiger charge is 2.22. The molecule has 1 fully saturated rings. The average Bonchev–Trinajstić information content (AvgIpc) is 2.79. The Hall–Kier alpha value is -1.52. The van der Waals surface area contributed by atoms with Gasteiger partial charge in [0.25, 0.3) is 5.91 Å². The molecule has 1 aliphatic rings. The second kappa shape index (κ2) is 6.08. The van der Waals surface area contributed by atoms with E-state index in [4.69, 9.17) is 5.73 Å². The molecule has 19 heavy (non-hydrogen) atoms. The van der Waals surface area contributed by atoms with Crippen LogP contribution in [0.3, 0.4) is 0 Å². The maximum atomic E-state index is 12.1. The molecule has 5 nitrogen and oxygen atoms in total. The van der Waals surface area contributed by atoms with Crippen molar-refractivity contribution < 1.29 is 4.79 Å². The third-order valence-corrected chi connectivity index (χ3v) is 4.14. The van der Waals surface area contributed by atoms with Gasteiger partial charge in [-0.2, -0.15) is 5.10 Å². The number of aryl methyl sites for hydroxylation is 1. The quantitative estimate of drug-likeness (QED) is 0.874. The van der Waals surface area contributed by atoms with Gasteiger partial charge in [-0.3, -0.25) is 9.48 Å². The van der Waals surface area contributed by atoms with E-state index in [0.29, 0.717) is 23.2 Å². The minimum atomic E-state index is -0.150. The van der Waals surface area contributed by atoms with Crippen LogP contribution in [0.2, 0.25) is 0 Å². The molecule has 1 aromatic rings. The summed E-state index contributed by atoms with van der Waals surface area (Å²) in [5.41, 5.74) is 6.62. The van der Waals surface area contributed by atoms with Crippen LogP contribution in [-0.4, -0.2) is 22.2 Å². The minimum Gasteiger partial charge on any atom is -0.396 e. The van der Waals surface area contributed by atoms with Crippen molar-refractivity contribution in [2.75, 3.05) is 12.3 Å². The summed E-state index contributed by atoms with van der Waals surface area (Å²) >= 11 is 0. The van der Waals surface area contributed by atoms with Crippen molar-refractivity contribution in [1.29, 1.82) is 0 Å². The summed E-state index contributed by atoms with van der Waals surface area (Å²) < 4.78 is 1.69. The third kappa shape index (κ3) is 3.28. The van der Waals surface area contributed by atoms with Crippen LogP contribution in [0.1, 0.15) is 50.0 Å². The Balaban J connectivity index is 1.91. The number of anilines is 1. The number of amides is 1. The molecule has 0 radical (unpaired) electrons. The lowest BCUT2D eigenvalue weighted by atomic mass is 9.80. The number of nitrogen functional groups attached to an aromatic ring is 1. The number of hydrogen-bond donors (Lipinski definition) is 2. The first-order chi connectivity index (χ1) is 9.11. The van der Waals surface area contributed by atoms with Crippen molar-refractivity contribution in [3.63, 3.8) is 0 Å². The van der Waals surface area contributed by atoms with Crippen LogP contribution in [0.5, 0.6) is 0 Å². The molecule has 1 aromatic heterocycles.